The molecule has 6 heteroatoms. The second-order valence-corrected chi connectivity index (χ2v) is 7.82. The number of ether oxygens (including phenoxy) is 3. The molecule has 0 amide bonds. The molecule has 0 fully saturated rings. The van der Waals surface area contributed by atoms with Crippen LogP contribution >= 0.6 is 0 Å². The number of rotatable bonds is 9. The monoisotopic (exact) mass is 448 g/mol. The Balaban J connectivity index is 1.89. The number of carbonyl (C=O) groups excluding carboxylic acids is 1. The Kier molecular flexibility index (Phi) is 8.08. The van der Waals surface area contributed by atoms with E-state index in [0.717, 1.165) is 12.8 Å². The summed E-state index contributed by atoms with van der Waals surface area (Å²) in [7, 11) is 1.40. The van der Waals surface area contributed by atoms with Crippen LogP contribution in [0.3, 0.4) is 0 Å². The van der Waals surface area contributed by atoms with Crippen molar-refractivity contribution in [1.82, 2.24) is 0 Å². The van der Waals surface area contributed by atoms with E-state index in [9.17, 15) is 9.59 Å². The number of carbonyl (C=O) groups is 1. The third kappa shape index (κ3) is 6.13. The van der Waals surface area contributed by atoms with E-state index in [1.54, 1.807) is 48.5 Å². The molecule has 0 spiro atoms. The van der Waals surface area contributed by atoms with Crippen LogP contribution in [0.15, 0.2) is 81.0 Å². The van der Waals surface area contributed by atoms with Gasteiger partial charge in [-0.05, 0) is 64.0 Å². The van der Waals surface area contributed by atoms with E-state index in [-0.39, 0.29) is 17.1 Å². The summed E-state index contributed by atoms with van der Waals surface area (Å²) < 4.78 is 22.2. The number of esters is 1. The van der Waals surface area contributed by atoms with Crippen LogP contribution in [0.5, 0.6) is 17.2 Å². The van der Waals surface area contributed by atoms with Gasteiger partial charge in [-0.2, -0.15) is 0 Å². The van der Waals surface area contributed by atoms with Gasteiger partial charge in [-0.25, -0.2) is 9.59 Å². The molecule has 2 aromatic carbocycles. The first kappa shape index (κ1) is 23.9. The van der Waals surface area contributed by atoms with Gasteiger partial charge in [-0.3, -0.25) is 0 Å². The third-order valence-electron chi connectivity index (χ3n) is 4.98. The second-order valence-electron chi connectivity index (χ2n) is 7.82. The standard InChI is InChI=1S/C27H28O6/c1-18(2)10-8-11-19(3)16-17-31-21-14-9-15-22-23(21)24(30-4)25(27(29)32-22)33-26(28)20-12-6-5-7-13-20/h5-7,9-10,12-16H,8,11,17H2,1-4H3. The maximum Gasteiger partial charge on any atom is 0.383 e. The topological polar surface area (TPSA) is 75.0 Å². The molecule has 0 N–H and O–H groups in total. The fourth-order valence-corrected chi connectivity index (χ4v) is 3.27. The molecule has 172 valence electrons. The van der Waals surface area contributed by atoms with E-state index in [0.29, 0.717) is 23.3 Å². The van der Waals surface area contributed by atoms with Crippen molar-refractivity contribution in [1.29, 1.82) is 0 Å². The lowest BCUT2D eigenvalue weighted by Crippen LogP contribution is -2.15. The summed E-state index contributed by atoms with van der Waals surface area (Å²) in [5.41, 5.74) is 2.28. The zero-order valence-corrected chi connectivity index (χ0v) is 19.3. The Morgan fingerprint density at radius 2 is 1.73 bits per heavy atom. The predicted octanol–water partition coefficient (Wildman–Crippen LogP) is 6.09. The summed E-state index contributed by atoms with van der Waals surface area (Å²) >= 11 is 0. The van der Waals surface area contributed by atoms with E-state index in [1.807, 2.05) is 6.08 Å². The van der Waals surface area contributed by atoms with E-state index in [4.69, 9.17) is 18.6 Å². The fraction of sp³-hybridized carbons (Fsp3) is 0.259. The van der Waals surface area contributed by atoms with Crippen molar-refractivity contribution in [3.05, 3.63) is 87.8 Å². The molecule has 0 radical (unpaired) electrons. The van der Waals surface area contributed by atoms with Crippen molar-refractivity contribution in [2.45, 2.75) is 33.6 Å². The van der Waals surface area contributed by atoms with Crippen LogP contribution in [0.2, 0.25) is 0 Å². The molecule has 0 aliphatic carbocycles. The van der Waals surface area contributed by atoms with E-state index in [1.165, 1.54) is 18.3 Å². The summed E-state index contributed by atoms with van der Waals surface area (Å²) in [4.78, 5) is 25.1. The molecular weight excluding hydrogens is 420 g/mol. The van der Waals surface area contributed by atoms with Gasteiger partial charge in [0.1, 0.15) is 23.3 Å². The smallest absolute Gasteiger partial charge is 0.383 e. The third-order valence-corrected chi connectivity index (χ3v) is 4.98. The Morgan fingerprint density at radius 3 is 2.42 bits per heavy atom. The van der Waals surface area contributed by atoms with Crippen molar-refractivity contribution in [2.75, 3.05) is 13.7 Å². The van der Waals surface area contributed by atoms with Crippen LogP contribution in [0.4, 0.5) is 0 Å². The summed E-state index contributed by atoms with van der Waals surface area (Å²) in [5.74, 6) is -0.457. The first-order valence-corrected chi connectivity index (χ1v) is 10.7. The van der Waals surface area contributed by atoms with E-state index >= 15 is 0 Å². The summed E-state index contributed by atoms with van der Waals surface area (Å²) in [6, 6.07) is 13.5. The van der Waals surface area contributed by atoms with Gasteiger partial charge >= 0.3 is 11.6 Å². The van der Waals surface area contributed by atoms with Gasteiger partial charge in [0.2, 0.25) is 0 Å². The molecule has 6 nitrogen and oxygen atoms in total. The molecule has 0 bridgehead atoms. The molecule has 0 saturated carbocycles. The quantitative estimate of drug-likeness (QED) is 0.224. The van der Waals surface area contributed by atoms with Crippen LogP contribution < -0.4 is 19.8 Å². The van der Waals surface area contributed by atoms with Crippen LogP contribution in [0.25, 0.3) is 11.0 Å². The van der Waals surface area contributed by atoms with Crippen LogP contribution in [0, 0.1) is 0 Å². The van der Waals surface area contributed by atoms with Gasteiger partial charge in [0.25, 0.3) is 5.75 Å². The van der Waals surface area contributed by atoms with E-state index < -0.39 is 11.6 Å². The summed E-state index contributed by atoms with van der Waals surface area (Å²) in [6.45, 7) is 6.56. The number of fused-ring (bicyclic) bond motifs is 1. The highest BCUT2D eigenvalue weighted by Crippen LogP contribution is 2.39. The minimum Gasteiger partial charge on any atom is -0.492 e. The van der Waals surface area contributed by atoms with Gasteiger partial charge in [0.05, 0.1) is 12.7 Å². The predicted molar refractivity (Wildman–Crippen MR) is 128 cm³/mol. The molecule has 3 aromatic rings. The maximum atomic E-state index is 12.6. The van der Waals surface area contributed by atoms with Gasteiger partial charge in [0, 0.05) is 0 Å². The average Bonchev–Trinajstić information content (AvgIpc) is 2.80. The number of allylic oxidation sites excluding steroid dienone is 3. The molecule has 3 rings (SSSR count). The highest BCUT2D eigenvalue weighted by atomic mass is 16.6. The van der Waals surface area contributed by atoms with Crippen molar-refractivity contribution < 1.29 is 23.4 Å². The van der Waals surface area contributed by atoms with Crippen molar-refractivity contribution in [3.8, 4) is 17.2 Å². The number of benzene rings is 2. The molecule has 1 heterocycles. The van der Waals surface area contributed by atoms with Crippen LogP contribution in [0.1, 0.15) is 44.0 Å². The summed E-state index contributed by atoms with van der Waals surface area (Å²) in [6.07, 6.45) is 6.14. The Hall–Kier alpha value is -3.80. The normalized spacial score (nSPS) is 11.2. The second kappa shape index (κ2) is 11.2. The lowest BCUT2D eigenvalue weighted by molar-refractivity contribution is 0.0723. The summed E-state index contributed by atoms with van der Waals surface area (Å²) in [5, 5.41) is 0.422. The van der Waals surface area contributed by atoms with E-state index in [2.05, 4.69) is 26.8 Å². The maximum absolute atomic E-state index is 12.6. The van der Waals surface area contributed by atoms with Gasteiger partial charge in [-0.1, -0.05) is 41.5 Å². The zero-order chi connectivity index (χ0) is 23.8. The largest absolute Gasteiger partial charge is 0.492 e. The Morgan fingerprint density at radius 1 is 0.970 bits per heavy atom. The van der Waals surface area contributed by atoms with Crippen molar-refractivity contribution in [3.63, 3.8) is 0 Å². The van der Waals surface area contributed by atoms with Crippen LogP contribution in [-0.4, -0.2) is 19.7 Å². The molecule has 0 atom stereocenters. The first-order valence-electron chi connectivity index (χ1n) is 10.7. The lowest BCUT2D eigenvalue weighted by atomic mass is 10.1. The van der Waals surface area contributed by atoms with Gasteiger partial charge in [-0.15, -0.1) is 0 Å². The molecular formula is C27H28O6. The molecule has 1 aromatic heterocycles. The van der Waals surface area contributed by atoms with Crippen molar-refractivity contribution in [2.24, 2.45) is 0 Å². The molecule has 33 heavy (non-hydrogen) atoms. The highest BCUT2D eigenvalue weighted by molar-refractivity contribution is 5.95. The van der Waals surface area contributed by atoms with Crippen molar-refractivity contribution >= 4 is 16.9 Å². The Labute approximate surface area is 193 Å². The molecule has 0 aliphatic heterocycles. The SMILES string of the molecule is COc1c(OC(=O)c2ccccc2)c(=O)oc2cccc(OCC=C(C)CCC=C(C)C)c12. The zero-order valence-electron chi connectivity index (χ0n) is 19.3. The number of hydrogen-bond donors (Lipinski definition) is 0. The minimum atomic E-state index is -0.809. The fourth-order valence-electron chi connectivity index (χ4n) is 3.27. The molecule has 0 saturated heterocycles. The van der Waals surface area contributed by atoms with Gasteiger partial charge in [0.15, 0.2) is 5.75 Å². The first-order chi connectivity index (χ1) is 15.9. The van der Waals surface area contributed by atoms with Crippen LogP contribution in [-0.2, 0) is 0 Å². The molecule has 0 unspecified atom stereocenters. The Bertz CT molecular complexity index is 1230. The minimum absolute atomic E-state index is 0.0883. The average molecular weight is 449 g/mol. The van der Waals surface area contributed by atoms with Gasteiger partial charge < -0.3 is 18.6 Å². The highest BCUT2D eigenvalue weighted by Gasteiger charge is 2.23. The number of hydrogen-bond acceptors (Lipinski definition) is 6. The number of methoxy groups -OCH3 is 1. The lowest BCUT2D eigenvalue weighted by Gasteiger charge is -2.13. The molecule has 0 aliphatic rings.